The van der Waals surface area contributed by atoms with E-state index in [1.165, 1.54) is 5.56 Å². The molecule has 142 valence electrons. The molecule has 0 bridgehead atoms. The first-order valence-corrected chi connectivity index (χ1v) is 9.48. The average molecular weight is 365 g/mol. The molecule has 1 aliphatic rings. The number of hydrogen-bond acceptors (Lipinski definition) is 2. The second kappa shape index (κ2) is 8.71. The number of para-hydroxylation sites is 1. The largest absolute Gasteiger partial charge is 0.341 e. The molecule has 0 aromatic heterocycles. The van der Waals surface area contributed by atoms with Gasteiger partial charge in [0.25, 0.3) is 0 Å². The van der Waals surface area contributed by atoms with Crippen molar-refractivity contribution in [3.8, 4) is 0 Å². The number of urea groups is 1. The number of nitrogens with one attached hydrogen (secondary N) is 1. The van der Waals surface area contributed by atoms with Gasteiger partial charge >= 0.3 is 6.03 Å². The quantitative estimate of drug-likeness (QED) is 0.903. The van der Waals surface area contributed by atoms with Crippen LogP contribution in [-0.2, 0) is 11.2 Å². The van der Waals surface area contributed by atoms with E-state index < -0.39 is 0 Å². The molecule has 1 N–H and O–H groups in total. The third-order valence-corrected chi connectivity index (χ3v) is 5.00. The second-order valence-corrected chi connectivity index (χ2v) is 7.12. The van der Waals surface area contributed by atoms with Crippen molar-refractivity contribution in [3.63, 3.8) is 0 Å². The minimum absolute atomic E-state index is 0.107. The highest BCUT2D eigenvalue weighted by Gasteiger charge is 2.22. The van der Waals surface area contributed by atoms with Crippen molar-refractivity contribution in [1.82, 2.24) is 9.80 Å². The predicted molar refractivity (Wildman–Crippen MR) is 108 cm³/mol. The van der Waals surface area contributed by atoms with Crippen LogP contribution in [0.3, 0.4) is 0 Å². The first kappa shape index (κ1) is 19.0. The first-order valence-electron chi connectivity index (χ1n) is 9.48. The fourth-order valence-electron chi connectivity index (χ4n) is 3.41. The lowest BCUT2D eigenvalue weighted by molar-refractivity contribution is -0.130. The normalized spacial score (nSPS) is 14.6. The van der Waals surface area contributed by atoms with Gasteiger partial charge in [-0.25, -0.2) is 4.79 Å². The third kappa shape index (κ3) is 5.09. The lowest BCUT2D eigenvalue weighted by Gasteiger charge is -2.23. The summed E-state index contributed by atoms with van der Waals surface area (Å²) in [4.78, 5) is 28.9. The molecule has 1 fully saturated rings. The van der Waals surface area contributed by atoms with E-state index in [9.17, 15) is 9.59 Å². The van der Waals surface area contributed by atoms with Gasteiger partial charge in [-0.05, 0) is 43.5 Å². The molecule has 3 amide bonds. The van der Waals surface area contributed by atoms with Crippen LogP contribution in [0, 0.1) is 13.8 Å². The lowest BCUT2D eigenvalue weighted by atomic mass is 10.0. The molecule has 5 nitrogen and oxygen atoms in total. The molecule has 0 aliphatic carbocycles. The summed E-state index contributed by atoms with van der Waals surface area (Å²) in [7, 11) is 0. The van der Waals surface area contributed by atoms with Crippen molar-refractivity contribution in [1.29, 1.82) is 0 Å². The van der Waals surface area contributed by atoms with Crippen molar-refractivity contribution < 1.29 is 9.59 Å². The Kier molecular flexibility index (Phi) is 6.12. The highest BCUT2D eigenvalue weighted by molar-refractivity contribution is 5.89. The molecular weight excluding hydrogens is 338 g/mol. The summed E-state index contributed by atoms with van der Waals surface area (Å²) in [6.45, 7) is 6.59. The van der Waals surface area contributed by atoms with E-state index in [1.54, 1.807) is 4.90 Å². The number of amides is 3. The Bertz CT molecular complexity index is 804. The van der Waals surface area contributed by atoms with Gasteiger partial charge in [-0.15, -0.1) is 0 Å². The fourth-order valence-corrected chi connectivity index (χ4v) is 3.41. The third-order valence-electron chi connectivity index (χ3n) is 5.00. The Morgan fingerprint density at radius 1 is 0.926 bits per heavy atom. The minimum Gasteiger partial charge on any atom is -0.341 e. The monoisotopic (exact) mass is 365 g/mol. The van der Waals surface area contributed by atoms with Gasteiger partial charge in [-0.3, -0.25) is 4.79 Å². The molecular formula is C22H27N3O2. The summed E-state index contributed by atoms with van der Waals surface area (Å²) in [5.74, 6) is 0.132. The molecule has 1 heterocycles. The van der Waals surface area contributed by atoms with E-state index in [0.717, 1.165) is 23.2 Å². The molecule has 2 aromatic carbocycles. The second-order valence-electron chi connectivity index (χ2n) is 7.12. The van der Waals surface area contributed by atoms with Crippen molar-refractivity contribution in [2.24, 2.45) is 0 Å². The molecule has 1 saturated heterocycles. The standard InChI is InChI=1S/C22H27N3O2/c1-17-9-10-19(18(2)15-17)16-21(26)24-11-6-12-25(14-13-24)22(27)23-20-7-4-3-5-8-20/h3-5,7-10,15H,6,11-14,16H2,1-2H3,(H,23,27). The van der Waals surface area contributed by atoms with Crippen LogP contribution in [0.2, 0.25) is 0 Å². The highest BCUT2D eigenvalue weighted by Crippen LogP contribution is 2.14. The number of anilines is 1. The highest BCUT2D eigenvalue weighted by atomic mass is 16.2. The summed E-state index contributed by atoms with van der Waals surface area (Å²) in [6, 6.07) is 15.5. The van der Waals surface area contributed by atoms with Gasteiger partial charge in [0, 0.05) is 31.9 Å². The van der Waals surface area contributed by atoms with Crippen molar-refractivity contribution in [2.75, 3.05) is 31.5 Å². The zero-order valence-electron chi connectivity index (χ0n) is 16.1. The molecule has 2 aromatic rings. The van der Waals surface area contributed by atoms with Gasteiger partial charge in [-0.2, -0.15) is 0 Å². The Hall–Kier alpha value is -2.82. The maximum Gasteiger partial charge on any atom is 0.321 e. The number of hydrogen-bond donors (Lipinski definition) is 1. The van der Waals surface area contributed by atoms with Gasteiger partial charge in [0.15, 0.2) is 0 Å². The lowest BCUT2D eigenvalue weighted by Crippen LogP contribution is -2.39. The van der Waals surface area contributed by atoms with E-state index in [2.05, 4.69) is 18.3 Å². The Balaban J connectivity index is 1.56. The van der Waals surface area contributed by atoms with Gasteiger partial charge in [-0.1, -0.05) is 42.0 Å². The molecule has 0 unspecified atom stereocenters. The number of carbonyl (C=O) groups is 2. The van der Waals surface area contributed by atoms with Gasteiger partial charge in [0.1, 0.15) is 0 Å². The summed E-state index contributed by atoms with van der Waals surface area (Å²) in [5.41, 5.74) is 4.23. The number of aryl methyl sites for hydroxylation is 2. The summed E-state index contributed by atoms with van der Waals surface area (Å²) in [6.07, 6.45) is 1.21. The summed E-state index contributed by atoms with van der Waals surface area (Å²) >= 11 is 0. The topological polar surface area (TPSA) is 52.7 Å². The van der Waals surface area contributed by atoms with E-state index >= 15 is 0 Å². The maximum atomic E-state index is 12.7. The van der Waals surface area contributed by atoms with Crippen LogP contribution in [0.15, 0.2) is 48.5 Å². The maximum absolute atomic E-state index is 12.7. The summed E-state index contributed by atoms with van der Waals surface area (Å²) < 4.78 is 0. The van der Waals surface area contributed by atoms with Crippen molar-refractivity contribution in [3.05, 3.63) is 65.2 Å². The van der Waals surface area contributed by atoms with Gasteiger partial charge in [0.2, 0.25) is 5.91 Å². The predicted octanol–water partition coefficient (Wildman–Crippen LogP) is 3.61. The SMILES string of the molecule is Cc1ccc(CC(=O)N2CCCN(C(=O)Nc3ccccc3)CC2)c(C)c1. The van der Waals surface area contributed by atoms with Crippen molar-refractivity contribution >= 4 is 17.6 Å². The average Bonchev–Trinajstić information content (AvgIpc) is 2.91. The molecule has 0 spiro atoms. The smallest absolute Gasteiger partial charge is 0.321 e. The zero-order chi connectivity index (χ0) is 19.2. The van der Waals surface area contributed by atoms with E-state index in [-0.39, 0.29) is 11.9 Å². The minimum atomic E-state index is -0.107. The Labute approximate surface area is 161 Å². The van der Waals surface area contributed by atoms with Gasteiger partial charge in [0.05, 0.1) is 6.42 Å². The molecule has 3 rings (SSSR count). The van der Waals surface area contributed by atoms with Gasteiger partial charge < -0.3 is 15.1 Å². The fraction of sp³-hybridized carbons (Fsp3) is 0.364. The van der Waals surface area contributed by atoms with Crippen LogP contribution in [0.5, 0.6) is 0 Å². The molecule has 0 atom stereocenters. The Morgan fingerprint density at radius 2 is 1.63 bits per heavy atom. The molecule has 27 heavy (non-hydrogen) atoms. The van der Waals surface area contributed by atoms with Crippen LogP contribution in [0.1, 0.15) is 23.1 Å². The molecule has 0 radical (unpaired) electrons. The van der Waals surface area contributed by atoms with E-state index in [1.807, 2.05) is 54.3 Å². The number of nitrogens with zero attached hydrogens (tertiary/aromatic N) is 2. The van der Waals surface area contributed by atoms with E-state index in [0.29, 0.717) is 32.6 Å². The number of rotatable bonds is 3. The zero-order valence-corrected chi connectivity index (χ0v) is 16.1. The first-order chi connectivity index (χ1) is 13.0. The number of carbonyl (C=O) groups excluding carboxylic acids is 2. The molecule has 0 saturated carbocycles. The van der Waals surface area contributed by atoms with Crippen LogP contribution in [0.4, 0.5) is 10.5 Å². The van der Waals surface area contributed by atoms with Crippen LogP contribution in [0.25, 0.3) is 0 Å². The number of benzene rings is 2. The molecule has 5 heteroatoms. The van der Waals surface area contributed by atoms with Crippen LogP contribution < -0.4 is 5.32 Å². The molecule has 1 aliphatic heterocycles. The van der Waals surface area contributed by atoms with Crippen molar-refractivity contribution in [2.45, 2.75) is 26.7 Å². The summed E-state index contributed by atoms with van der Waals surface area (Å²) in [5, 5.41) is 2.92. The van der Waals surface area contributed by atoms with Crippen LogP contribution >= 0.6 is 0 Å². The Morgan fingerprint density at radius 3 is 2.37 bits per heavy atom. The van der Waals surface area contributed by atoms with E-state index in [4.69, 9.17) is 0 Å². The van der Waals surface area contributed by atoms with Crippen LogP contribution in [-0.4, -0.2) is 47.9 Å².